The zero-order valence-electron chi connectivity index (χ0n) is 21.4. The molecule has 1 nitrogen and oxygen atoms in total. The van der Waals surface area contributed by atoms with Crippen molar-refractivity contribution in [2.45, 2.75) is 0 Å². The van der Waals surface area contributed by atoms with Gasteiger partial charge in [0.15, 0.2) is 0 Å². The van der Waals surface area contributed by atoms with Crippen LogP contribution in [0.3, 0.4) is 0 Å². The SMILES string of the molecule is c1ccc(-c2cccc(-c3cc4ccccc4c4ccccc34)c2-n2c3ccccc3c3ccccc32)cc1. The summed E-state index contributed by atoms with van der Waals surface area (Å²) in [5, 5.41) is 7.63. The van der Waals surface area contributed by atoms with Crippen molar-refractivity contribution in [2.24, 2.45) is 0 Å². The highest BCUT2D eigenvalue weighted by molar-refractivity contribution is 6.16. The van der Waals surface area contributed by atoms with Crippen LogP contribution in [-0.2, 0) is 0 Å². The lowest BCUT2D eigenvalue weighted by atomic mass is 9.90. The molecule has 1 heterocycles. The molecule has 0 aliphatic carbocycles. The van der Waals surface area contributed by atoms with Crippen molar-refractivity contribution < 1.29 is 0 Å². The lowest BCUT2D eigenvalue weighted by molar-refractivity contribution is 1.18. The first kappa shape index (κ1) is 21.9. The van der Waals surface area contributed by atoms with Gasteiger partial charge in [-0.3, -0.25) is 0 Å². The van der Waals surface area contributed by atoms with Crippen LogP contribution in [0.4, 0.5) is 0 Å². The third-order valence-electron chi connectivity index (χ3n) is 7.98. The summed E-state index contributed by atoms with van der Waals surface area (Å²) in [5.74, 6) is 0. The molecule has 0 saturated heterocycles. The molecule has 7 aromatic carbocycles. The number of hydrogen-bond acceptors (Lipinski definition) is 0. The van der Waals surface area contributed by atoms with Crippen molar-refractivity contribution in [3.8, 4) is 27.9 Å². The Morgan fingerprint density at radius 3 is 1.59 bits per heavy atom. The smallest absolute Gasteiger partial charge is 0.0619 e. The van der Waals surface area contributed by atoms with Gasteiger partial charge in [0, 0.05) is 21.9 Å². The van der Waals surface area contributed by atoms with Crippen molar-refractivity contribution in [1.82, 2.24) is 4.57 Å². The van der Waals surface area contributed by atoms with Crippen LogP contribution in [-0.4, -0.2) is 4.57 Å². The van der Waals surface area contributed by atoms with E-state index in [2.05, 4.69) is 156 Å². The third kappa shape index (κ3) is 3.34. The zero-order valence-corrected chi connectivity index (χ0v) is 21.4. The van der Waals surface area contributed by atoms with E-state index in [1.165, 1.54) is 71.3 Å². The molecule has 1 heteroatoms. The van der Waals surface area contributed by atoms with Gasteiger partial charge in [-0.05, 0) is 50.9 Å². The Bertz CT molecular complexity index is 2110. The second-order valence-corrected chi connectivity index (χ2v) is 10.1. The normalized spacial score (nSPS) is 11.6. The van der Waals surface area contributed by atoms with Crippen molar-refractivity contribution in [1.29, 1.82) is 0 Å². The van der Waals surface area contributed by atoms with Gasteiger partial charge in [0.05, 0.1) is 16.7 Å². The van der Waals surface area contributed by atoms with Gasteiger partial charge in [-0.15, -0.1) is 0 Å². The van der Waals surface area contributed by atoms with E-state index >= 15 is 0 Å². The molecule has 0 N–H and O–H groups in total. The van der Waals surface area contributed by atoms with Crippen molar-refractivity contribution in [3.63, 3.8) is 0 Å². The Kier molecular flexibility index (Phi) is 4.89. The van der Waals surface area contributed by atoms with Gasteiger partial charge in [-0.2, -0.15) is 0 Å². The van der Waals surface area contributed by atoms with Crippen LogP contribution in [0.25, 0.3) is 71.3 Å². The molecule has 0 amide bonds. The molecule has 0 atom stereocenters. The van der Waals surface area contributed by atoms with E-state index in [4.69, 9.17) is 0 Å². The topological polar surface area (TPSA) is 4.93 Å². The van der Waals surface area contributed by atoms with E-state index in [-0.39, 0.29) is 0 Å². The van der Waals surface area contributed by atoms with Gasteiger partial charge >= 0.3 is 0 Å². The lowest BCUT2D eigenvalue weighted by Crippen LogP contribution is -2.01. The molecule has 8 aromatic rings. The van der Waals surface area contributed by atoms with Crippen LogP contribution in [0.1, 0.15) is 0 Å². The molecule has 0 aliphatic rings. The summed E-state index contributed by atoms with van der Waals surface area (Å²) in [6.45, 7) is 0. The average Bonchev–Trinajstić information content (AvgIpc) is 3.35. The first-order valence-electron chi connectivity index (χ1n) is 13.5. The number of fused-ring (bicyclic) bond motifs is 6. The minimum Gasteiger partial charge on any atom is -0.308 e. The van der Waals surface area contributed by atoms with Gasteiger partial charge in [0.2, 0.25) is 0 Å². The fourth-order valence-corrected chi connectivity index (χ4v) is 6.29. The first-order valence-corrected chi connectivity index (χ1v) is 13.5. The third-order valence-corrected chi connectivity index (χ3v) is 7.98. The Morgan fingerprint density at radius 2 is 0.872 bits per heavy atom. The van der Waals surface area contributed by atoms with Gasteiger partial charge < -0.3 is 4.57 Å². The minimum absolute atomic E-state index is 1.21. The molecule has 1 aromatic heterocycles. The monoisotopic (exact) mass is 495 g/mol. The summed E-state index contributed by atoms with van der Waals surface area (Å²) in [6, 6.07) is 55.0. The van der Waals surface area contributed by atoms with Crippen LogP contribution in [0.5, 0.6) is 0 Å². The summed E-state index contributed by atoms with van der Waals surface area (Å²) in [4.78, 5) is 0. The lowest BCUT2D eigenvalue weighted by Gasteiger charge is -2.20. The number of nitrogens with zero attached hydrogens (tertiary/aromatic N) is 1. The molecule has 0 bridgehead atoms. The van der Waals surface area contributed by atoms with Gasteiger partial charge in [-0.1, -0.05) is 133 Å². The molecule has 39 heavy (non-hydrogen) atoms. The van der Waals surface area contributed by atoms with E-state index in [0.29, 0.717) is 0 Å². The summed E-state index contributed by atoms with van der Waals surface area (Å²) in [6.07, 6.45) is 0. The number of aromatic nitrogens is 1. The maximum Gasteiger partial charge on any atom is 0.0619 e. The summed E-state index contributed by atoms with van der Waals surface area (Å²) in [5.41, 5.74) is 8.55. The maximum atomic E-state index is 2.48. The van der Waals surface area contributed by atoms with Crippen LogP contribution in [0.15, 0.2) is 152 Å². The van der Waals surface area contributed by atoms with E-state index in [0.717, 1.165) is 0 Å². The van der Waals surface area contributed by atoms with E-state index < -0.39 is 0 Å². The molecular formula is C38H25N. The Hall–Kier alpha value is -5.14. The quantitative estimate of drug-likeness (QED) is 0.215. The van der Waals surface area contributed by atoms with E-state index in [1.807, 2.05) is 0 Å². The number of rotatable bonds is 3. The summed E-state index contributed by atoms with van der Waals surface area (Å²) in [7, 11) is 0. The van der Waals surface area contributed by atoms with E-state index in [9.17, 15) is 0 Å². The Balaban J connectivity index is 1.58. The molecule has 0 saturated carbocycles. The average molecular weight is 496 g/mol. The Labute approximate surface area is 227 Å². The highest BCUT2D eigenvalue weighted by Gasteiger charge is 2.20. The zero-order chi connectivity index (χ0) is 25.8. The largest absolute Gasteiger partial charge is 0.308 e. The predicted molar refractivity (Wildman–Crippen MR) is 167 cm³/mol. The van der Waals surface area contributed by atoms with Crippen LogP contribution < -0.4 is 0 Å². The highest BCUT2D eigenvalue weighted by Crippen LogP contribution is 2.44. The molecule has 0 spiro atoms. The molecular weight excluding hydrogens is 470 g/mol. The van der Waals surface area contributed by atoms with Crippen LogP contribution in [0.2, 0.25) is 0 Å². The summed E-state index contributed by atoms with van der Waals surface area (Å²) >= 11 is 0. The first-order chi connectivity index (χ1) is 19.4. The van der Waals surface area contributed by atoms with Gasteiger partial charge in [0.1, 0.15) is 0 Å². The van der Waals surface area contributed by atoms with Gasteiger partial charge in [0.25, 0.3) is 0 Å². The fraction of sp³-hybridized carbons (Fsp3) is 0. The van der Waals surface area contributed by atoms with Crippen molar-refractivity contribution >= 4 is 43.4 Å². The second-order valence-electron chi connectivity index (χ2n) is 10.1. The molecule has 0 aliphatic heterocycles. The molecule has 182 valence electrons. The predicted octanol–water partition coefficient (Wildman–Crippen LogP) is 10.4. The number of benzene rings is 7. The molecule has 0 fully saturated rings. The van der Waals surface area contributed by atoms with E-state index in [1.54, 1.807) is 0 Å². The maximum absolute atomic E-state index is 2.48. The minimum atomic E-state index is 1.21. The molecule has 0 unspecified atom stereocenters. The fourth-order valence-electron chi connectivity index (χ4n) is 6.29. The number of hydrogen-bond donors (Lipinski definition) is 0. The van der Waals surface area contributed by atoms with Gasteiger partial charge in [-0.25, -0.2) is 0 Å². The van der Waals surface area contributed by atoms with Crippen molar-refractivity contribution in [2.75, 3.05) is 0 Å². The number of para-hydroxylation sites is 3. The highest BCUT2D eigenvalue weighted by atomic mass is 15.0. The van der Waals surface area contributed by atoms with Crippen LogP contribution in [0, 0.1) is 0 Å². The van der Waals surface area contributed by atoms with Crippen LogP contribution >= 0.6 is 0 Å². The standard InChI is InChI=1S/C38H25N/c1-2-13-26(14-3-1)29-21-12-22-34(35-25-27-15-4-5-16-28(27)30-17-6-7-18-31(30)35)38(29)39-36-23-10-8-19-32(36)33-20-9-11-24-37(33)39/h1-25H. The second kappa shape index (κ2) is 8.72. The molecule has 0 radical (unpaired) electrons. The molecule has 8 rings (SSSR count). The van der Waals surface area contributed by atoms with Crippen molar-refractivity contribution in [3.05, 3.63) is 152 Å². The summed E-state index contributed by atoms with van der Waals surface area (Å²) < 4.78 is 2.48. The Morgan fingerprint density at radius 1 is 0.333 bits per heavy atom.